The molecule has 0 amide bonds. The molecule has 9 heteroatoms. The number of nitrogens with zero attached hydrogens (tertiary/aromatic N) is 5. The maximum atomic E-state index is 11.7. The Hall–Kier alpha value is -2.26. The van der Waals surface area contributed by atoms with Crippen LogP contribution in [0.5, 0.6) is 0 Å². The van der Waals surface area contributed by atoms with E-state index in [-0.39, 0.29) is 4.90 Å². The van der Waals surface area contributed by atoms with Crippen LogP contribution in [0.3, 0.4) is 0 Å². The summed E-state index contributed by atoms with van der Waals surface area (Å²) in [5.41, 5.74) is 0.937. The SMILES string of the molecule is CNS(=O)(=O)c1ccc(N(C)Cc2cnc(N(C)C)nc2)nc1. The van der Waals surface area contributed by atoms with Crippen molar-refractivity contribution in [1.82, 2.24) is 19.7 Å². The Kier molecular flexibility index (Phi) is 5.12. The van der Waals surface area contributed by atoms with Gasteiger partial charge in [-0.1, -0.05) is 0 Å². The Morgan fingerprint density at radius 1 is 1.04 bits per heavy atom. The largest absolute Gasteiger partial charge is 0.355 e. The summed E-state index contributed by atoms with van der Waals surface area (Å²) in [5, 5.41) is 0. The lowest BCUT2D eigenvalue weighted by molar-refractivity contribution is 0.588. The minimum Gasteiger partial charge on any atom is -0.355 e. The molecular formula is C14H20N6O2S. The van der Waals surface area contributed by atoms with Crippen LogP contribution in [0.25, 0.3) is 0 Å². The number of rotatable bonds is 6. The lowest BCUT2D eigenvalue weighted by Gasteiger charge is -2.18. The van der Waals surface area contributed by atoms with Crippen LogP contribution >= 0.6 is 0 Å². The zero-order valence-corrected chi connectivity index (χ0v) is 14.4. The zero-order chi connectivity index (χ0) is 17.0. The molecule has 124 valence electrons. The quantitative estimate of drug-likeness (QED) is 0.820. The molecule has 0 aliphatic heterocycles. The molecule has 0 aliphatic carbocycles. The molecule has 0 aromatic carbocycles. The highest BCUT2D eigenvalue weighted by Crippen LogP contribution is 2.15. The number of aromatic nitrogens is 3. The summed E-state index contributed by atoms with van der Waals surface area (Å²) < 4.78 is 25.6. The second-order valence-corrected chi connectivity index (χ2v) is 7.09. The molecule has 0 saturated carbocycles. The van der Waals surface area contributed by atoms with Gasteiger partial charge in [-0.2, -0.15) is 0 Å². The van der Waals surface area contributed by atoms with Gasteiger partial charge in [0.2, 0.25) is 16.0 Å². The topological polar surface area (TPSA) is 91.3 Å². The number of sulfonamides is 1. The molecule has 0 radical (unpaired) electrons. The Bertz CT molecular complexity index is 744. The lowest BCUT2D eigenvalue weighted by atomic mass is 10.3. The molecule has 0 fully saturated rings. The fourth-order valence-corrected chi connectivity index (χ4v) is 2.56. The summed E-state index contributed by atoms with van der Waals surface area (Å²) in [6, 6.07) is 3.19. The molecule has 2 rings (SSSR count). The summed E-state index contributed by atoms with van der Waals surface area (Å²) in [6.45, 7) is 0.568. The smallest absolute Gasteiger partial charge is 0.241 e. The molecule has 0 aliphatic rings. The molecule has 0 atom stereocenters. The van der Waals surface area contributed by atoms with E-state index in [2.05, 4.69) is 19.7 Å². The van der Waals surface area contributed by atoms with Crippen molar-refractivity contribution in [2.45, 2.75) is 11.4 Å². The van der Waals surface area contributed by atoms with Gasteiger partial charge in [-0.15, -0.1) is 0 Å². The highest BCUT2D eigenvalue weighted by Gasteiger charge is 2.12. The van der Waals surface area contributed by atoms with Crippen molar-refractivity contribution in [3.05, 3.63) is 36.3 Å². The number of anilines is 2. The molecule has 1 N–H and O–H groups in total. The van der Waals surface area contributed by atoms with Crippen LogP contribution in [0.1, 0.15) is 5.56 Å². The van der Waals surface area contributed by atoms with Crippen molar-refractivity contribution >= 4 is 21.8 Å². The van der Waals surface area contributed by atoms with Gasteiger partial charge in [0.15, 0.2) is 0 Å². The summed E-state index contributed by atoms with van der Waals surface area (Å²) in [4.78, 5) is 16.6. The fraction of sp³-hybridized carbons (Fsp3) is 0.357. The van der Waals surface area contributed by atoms with Crippen molar-refractivity contribution in [3.8, 4) is 0 Å². The number of nitrogens with one attached hydrogen (secondary N) is 1. The maximum Gasteiger partial charge on any atom is 0.241 e. The summed E-state index contributed by atoms with van der Waals surface area (Å²) in [7, 11) is 3.53. The van der Waals surface area contributed by atoms with Gasteiger partial charge in [0, 0.05) is 51.8 Å². The molecule has 0 bridgehead atoms. The summed E-state index contributed by atoms with van der Waals surface area (Å²) in [5.74, 6) is 1.31. The van der Waals surface area contributed by atoms with Crippen LogP contribution in [0.15, 0.2) is 35.6 Å². The summed E-state index contributed by atoms with van der Waals surface area (Å²) >= 11 is 0. The molecule has 2 heterocycles. The van der Waals surface area contributed by atoms with Gasteiger partial charge in [0.25, 0.3) is 0 Å². The Morgan fingerprint density at radius 2 is 1.70 bits per heavy atom. The van der Waals surface area contributed by atoms with Crippen LogP contribution in [0.4, 0.5) is 11.8 Å². The first-order valence-corrected chi connectivity index (χ1v) is 8.41. The number of hydrogen-bond donors (Lipinski definition) is 1. The molecule has 0 unspecified atom stereocenters. The van der Waals surface area contributed by atoms with Crippen LogP contribution in [0, 0.1) is 0 Å². The van der Waals surface area contributed by atoms with Crippen molar-refractivity contribution < 1.29 is 8.42 Å². The lowest BCUT2D eigenvalue weighted by Crippen LogP contribution is -2.21. The third-order valence-corrected chi connectivity index (χ3v) is 4.60. The minimum absolute atomic E-state index is 0.135. The van der Waals surface area contributed by atoms with Crippen molar-refractivity contribution in [1.29, 1.82) is 0 Å². The van der Waals surface area contributed by atoms with Gasteiger partial charge >= 0.3 is 0 Å². The molecule has 0 spiro atoms. The van der Waals surface area contributed by atoms with Crippen LogP contribution in [-0.4, -0.2) is 51.6 Å². The molecule has 2 aromatic rings. The van der Waals surface area contributed by atoms with Crippen molar-refractivity contribution in [2.24, 2.45) is 0 Å². The Balaban J connectivity index is 2.10. The van der Waals surface area contributed by atoms with E-state index in [0.717, 1.165) is 5.56 Å². The predicted molar refractivity (Wildman–Crippen MR) is 88.9 cm³/mol. The average Bonchev–Trinajstić information content (AvgIpc) is 2.55. The predicted octanol–water partition coefficient (Wildman–Crippen LogP) is 0.482. The first kappa shape index (κ1) is 17.1. The monoisotopic (exact) mass is 336 g/mol. The van der Waals surface area contributed by atoms with Gasteiger partial charge in [0.05, 0.1) is 0 Å². The van der Waals surface area contributed by atoms with E-state index in [1.54, 1.807) is 18.5 Å². The van der Waals surface area contributed by atoms with Gasteiger partial charge in [0.1, 0.15) is 10.7 Å². The van der Waals surface area contributed by atoms with Crippen LogP contribution < -0.4 is 14.5 Å². The average molecular weight is 336 g/mol. The number of pyridine rings is 1. The summed E-state index contributed by atoms with van der Waals surface area (Å²) in [6.07, 6.45) is 4.86. The molecular weight excluding hydrogens is 316 g/mol. The normalized spacial score (nSPS) is 11.3. The minimum atomic E-state index is -3.47. The first-order valence-electron chi connectivity index (χ1n) is 6.92. The van der Waals surface area contributed by atoms with E-state index in [9.17, 15) is 8.42 Å². The first-order chi connectivity index (χ1) is 10.8. The Morgan fingerprint density at radius 3 is 2.17 bits per heavy atom. The third kappa shape index (κ3) is 4.14. The van der Waals surface area contributed by atoms with Gasteiger partial charge in [-0.05, 0) is 19.2 Å². The van der Waals surface area contributed by atoms with Crippen LogP contribution in [0.2, 0.25) is 0 Å². The molecule has 8 nitrogen and oxygen atoms in total. The van der Waals surface area contributed by atoms with Crippen molar-refractivity contribution in [2.75, 3.05) is 38.0 Å². The van der Waals surface area contributed by atoms with E-state index in [1.807, 2.05) is 30.9 Å². The Labute approximate surface area is 136 Å². The van der Waals surface area contributed by atoms with Gasteiger partial charge < -0.3 is 9.80 Å². The van der Waals surface area contributed by atoms with E-state index in [0.29, 0.717) is 18.3 Å². The van der Waals surface area contributed by atoms with E-state index in [4.69, 9.17) is 0 Å². The van der Waals surface area contributed by atoms with Crippen LogP contribution in [-0.2, 0) is 16.6 Å². The second-order valence-electron chi connectivity index (χ2n) is 5.20. The highest BCUT2D eigenvalue weighted by molar-refractivity contribution is 7.89. The third-order valence-electron chi connectivity index (χ3n) is 3.20. The van der Waals surface area contributed by atoms with Gasteiger partial charge in [-0.3, -0.25) is 0 Å². The number of hydrogen-bond acceptors (Lipinski definition) is 7. The zero-order valence-electron chi connectivity index (χ0n) is 13.6. The second kappa shape index (κ2) is 6.88. The maximum absolute atomic E-state index is 11.7. The molecule has 23 heavy (non-hydrogen) atoms. The van der Waals surface area contributed by atoms with Gasteiger partial charge in [-0.25, -0.2) is 28.1 Å². The molecule has 2 aromatic heterocycles. The van der Waals surface area contributed by atoms with E-state index >= 15 is 0 Å². The van der Waals surface area contributed by atoms with Crippen molar-refractivity contribution in [3.63, 3.8) is 0 Å². The highest BCUT2D eigenvalue weighted by atomic mass is 32.2. The standard InChI is InChI=1S/C14H20N6O2S/c1-15-23(21,22)12-5-6-13(16-9-12)20(4)10-11-7-17-14(18-8-11)19(2)3/h5-9,15H,10H2,1-4H3. The molecule has 0 saturated heterocycles. The fourth-order valence-electron chi connectivity index (χ4n) is 1.89. The van der Waals surface area contributed by atoms with E-state index in [1.165, 1.54) is 19.3 Å². The van der Waals surface area contributed by atoms with E-state index < -0.39 is 10.0 Å².